The number of pyridine rings is 1. The number of para-hydroxylation sites is 1. The van der Waals surface area contributed by atoms with Crippen LogP contribution in [0.5, 0.6) is 5.75 Å². The largest absolute Gasteiger partial charge is 0.483 e. The van der Waals surface area contributed by atoms with Crippen LogP contribution in [-0.4, -0.2) is 42.7 Å². The van der Waals surface area contributed by atoms with Crippen molar-refractivity contribution in [3.63, 3.8) is 0 Å². The van der Waals surface area contributed by atoms with Gasteiger partial charge in [0.15, 0.2) is 6.61 Å². The standard InChI is InChI=1S/C21H28N2O3/c1-21(2,3)18-10-5-6-11-19(18)26-16-20(24)23(13-14-25-4)15-17-9-7-8-12-22-17/h5-12H,13-16H2,1-4H3. The minimum Gasteiger partial charge on any atom is -0.483 e. The summed E-state index contributed by atoms with van der Waals surface area (Å²) < 4.78 is 11.0. The molecular weight excluding hydrogens is 328 g/mol. The number of hydrogen-bond donors (Lipinski definition) is 0. The van der Waals surface area contributed by atoms with E-state index in [4.69, 9.17) is 9.47 Å². The fraction of sp³-hybridized carbons (Fsp3) is 0.429. The Kier molecular flexibility index (Phi) is 7.16. The molecule has 0 aliphatic rings. The normalized spacial score (nSPS) is 11.2. The maximum atomic E-state index is 12.7. The highest BCUT2D eigenvalue weighted by atomic mass is 16.5. The summed E-state index contributed by atoms with van der Waals surface area (Å²) in [7, 11) is 1.62. The quantitative estimate of drug-likeness (QED) is 0.727. The molecule has 140 valence electrons. The zero-order chi connectivity index (χ0) is 19.0. The molecule has 0 radical (unpaired) electrons. The van der Waals surface area contributed by atoms with Crippen LogP contribution < -0.4 is 4.74 Å². The van der Waals surface area contributed by atoms with E-state index in [2.05, 4.69) is 25.8 Å². The highest BCUT2D eigenvalue weighted by Crippen LogP contribution is 2.30. The van der Waals surface area contributed by atoms with Crippen molar-refractivity contribution in [2.45, 2.75) is 32.7 Å². The lowest BCUT2D eigenvalue weighted by Crippen LogP contribution is -2.37. The van der Waals surface area contributed by atoms with Gasteiger partial charge < -0.3 is 14.4 Å². The summed E-state index contributed by atoms with van der Waals surface area (Å²) in [6, 6.07) is 13.5. The Morgan fingerprint density at radius 3 is 2.50 bits per heavy atom. The maximum Gasteiger partial charge on any atom is 0.260 e. The van der Waals surface area contributed by atoms with Crippen molar-refractivity contribution in [3.8, 4) is 5.75 Å². The lowest BCUT2D eigenvalue weighted by Gasteiger charge is -2.25. The molecule has 1 aromatic heterocycles. The van der Waals surface area contributed by atoms with Crippen molar-refractivity contribution in [1.82, 2.24) is 9.88 Å². The van der Waals surface area contributed by atoms with Gasteiger partial charge in [0.05, 0.1) is 18.8 Å². The first-order valence-corrected chi connectivity index (χ1v) is 8.80. The molecule has 0 saturated heterocycles. The predicted octanol–water partition coefficient (Wildman–Crippen LogP) is 3.43. The SMILES string of the molecule is COCCN(Cc1ccccn1)C(=O)COc1ccccc1C(C)(C)C. The van der Waals surface area contributed by atoms with Gasteiger partial charge in [0.25, 0.3) is 5.91 Å². The van der Waals surface area contributed by atoms with Crippen LogP contribution in [0.15, 0.2) is 48.7 Å². The summed E-state index contributed by atoms with van der Waals surface area (Å²) >= 11 is 0. The molecule has 1 heterocycles. The highest BCUT2D eigenvalue weighted by Gasteiger charge is 2.20. The average molecular weight is 356 g/mol. The number of rotatable bonds is 8. The second kappa shape index (κ2) is 9.34. The van der Waals surface area contributed by atoms with Crippen LogP contribution >= 0.6 is 0 Å². The fourth-order valence-electron chi connectivity index (χ4n) is 2.62. The molecule has 2 rings (SSSR count). The van der Waals surface area contributed by atoms with Gasteiger partial charge in [-0.05, 0) is 29.2 Å². The van der Waals surface area contributed by atoms with Gasteiger partial charge in [-0.1, -0.05) is 45.0 Å². The van der Waals surface area contributed by atoms with Crippen molar-refractivity contribution in [2.75, 3.05) is 26.9 Å². The minimum absolute atomic E-state index is 0.0103. The van der Waals surface area contributed by atoms with Crippen molar-refractivity contribution < 1.29 is 14.3 Å². The van der Waals surface area contributed by atoms with Gasteiger partial charge in [-0.3, -0.25) is 9.78 Å². The van der Waals surface area contributed by atoms with Gasteiger partial charge in [-0.25, -0.2) is 0 Å². The number of carbonyl (C=O) groups is 1. The predicted molar refractivity (Wildman–Crippen MR) is 102 cm³/mol. The first kappa shape index (κ1) is 19.9. The number of ether oxygens (including phenoxy) is 2. The number of aromatic nitrogens is 1. The molecule has 26 heavy (non-hydrogen) atoms. The molecule has 2 aromatic rings. The van der Waals surface area contributed by atoms with Crippen LogP contribution in [0.4, 0.5) is 0 Å². The van der Waals surface area contributed by atoms with Gasteiger partial charge in [0, 0.05) is 19.9 Å². The number of carbonyl (C=O) groups excluding carboxylic acids is 1. The summed E-state index contributed by atoms with van der Waals surface area (Å²) in [6.45, 7) is 7.78. The zero-order valence-electron chi connectivity index (χ0n) is 16.1. The third kappa shape index (κ3) is 5.85. The van der Waals surface area contributed by atoms with Crippen LogP contribution in [-0.2, 0) is 21.5 Å². The van der Waals surface area contributed by atoms with Gasteiger partial charge in [0.1, 0.15) is 5.75 Å². The van der Waals surface area contributed by atoms with E-state index in [1.54, 1.807) is 18.2 Å². The maximum absolute atomic E-state index is 12.7. The van der Waals surface area contributed by atoms with Gasteiger partial charge in [-0.2, -0.15) is 0 Å². The average Bonchev–Trinajstić information content (AvgIpc) is 2.63. The topological polar surface area (TPSA) is 51.7 Å². The minimum atomic E-state index is -0.0867. The molecule has 0 bridgehead atoms. The van der Waals surface area contributed by atoms with E-state index in [1.807, 2.05) is 42.5 Å². The van der Waals surface area contributed by atoms with E-state index < -0.39 is 0 Å². The molecule has 0 spiro atoms. The Labute approximate surface area is 156 Å². The molecule has 5 heteroatoms. The number of benzene rings is 1. The first-order valence-electron chi connectivity index (χ1n) is 8.80. The number of hydrogen-bond acceptors (Lipinski definition) is 4. The van der Waals surface area contributed by atoms with Crippen LogP contribution in [0, 0.1) is 0 Å². The molecule has 0 fully saturated rings. The molecule has 1 aromatic carbocycles. The van der Waals surface area contributed by atoms with E-state index >= 15 is 0 Å². The third-order valence-electron chi connectivity index (χ3n) is 4.04. The molecule has 0 aliphatic carbocycles. The molecule has 5 nitrogen and oxygen atoms in total. The van der Waals surface area contributed by atoms with Crippen molar-refractivity contribution in [2.24, 2.45) is 0 Å². The second-order valence-corrected chi connectivity index (χ2v) is 7.16. The zero-order valence-corrected chi connectivity index (χ0v) is 16.1. The van der Waals surface area contributed by atoms with Crippen LogP contribution in [0.1, 0.15) is 32.0 Å². The Hall–Kier alpha value is -2.40. The van der Waals surface area contributed by atoms with E-state index in [0.29, 0.717) is 19.7 Å². The summed E-state index contributed by atoms with van der Waals surface area (Å²) in [5.41, 5.74) is 1.87. The van der Waals surface area contributed by atoms with E-state index in [0.717, 1.165) is 17.0 Å². The van der Waals surface area contributed by atoms with Crippen molar-refractivity contribution in [1.29, 1.82) is 0 Å². The summed E-state index contributed by atoms with van der Waals surface area (Å²) in [5.74, 6) is 0.661. The summed E-state index contributed by atoms with van der Waals surface area (Å²) in [5, 5.41) is 0. The lowest BCUT2D eigenvalue weighted by atomic mass is 9.86. The number of nitrogens with zero attached hydrogens (tertiary/aromatic N) is 2. The Morgan fingerprint density at radius 2 is 1.85 bits per heavy atom. The van der Waals surface area contributed by atoms with E-state index in [9.17, 15) is 4.79 Å². The van der Waals surface area contributed by atoms with E-state index in [-0.39, 0.29) is 17.9 Å². The Bertz CT molecular complexity index is 696. The van der Waals surface area contributed by atoms with Crippen LogP contribution in [0.2, 0.25) is 0 Å². The molecular formula is C21H28N2O3. The smallest absolute Gasteiger partial charge is 0.260 e. The van der Waals surface area contributed by atoms with Crippen molar-refractivity contribution >= 4 is 5.91 Å². The monoisotopic (exact) mass is 356 g/mol. The molecule has 0 atom stereocenters. The first-order chi connectivity index (χ1) is 12.4. The fourth-order valence-corrected chi connectivity index (χ4v) is 2.62. The van der Waals surface area contributed by atoms with Crippen LogP contribution in [0.3, 0.4) is 0 Å². The number of amides is 1. The molecule has 0 N–H and O–H groups in total. The Morgan fingerprint density at radius 1 is 1.12 bits per heavy atom. The van der Waals surface area contributed by atoms with Gasteiger partial charge >= 0.3 is 0 Å². The summed E-state index contributed by atoms with van der Waals surface area (Å²) in [6.07, 6.45) is 1.73. The second-order valence-electron chi connectivity index (χ2n) is 7.16. The molecule has 0 aliphatic heterocycles. The van der Waals surface area contributed by atoms with E-state index in [1.165, 1.54) is 0 Å². The Balaban J connectivity index is 2.05. The van der Waals surface area contributed by atoms with Crippen LogP contribution in [0.25, 0.3) is 0 Å². The van der Waals surface area contributed by atoms with Crippen molar-refractivity contribution in [3.05, 3.63) is 59.9 Å². The highest BCUT2D eigenvalue weighted by molar-refractivity contribution is 5.77. The molecule has 0 saturated carbocycles. The summed E-state index contributed by atoms with van der Waals surface area (Å²) in [4.78, 5) is 18.7. The third-order valence-corrected chi connectivity index (χ3v) is 4.04. The van der Waals surface area contributed by atoms with Gasteiger partial charge in [-0.15, -0.1) is 0 Å². The van der Waals surface area contributed by atoms with Gasteiger partial charge in [0.2, 0.25) is 0 Å². The lowest BCUT2D eigenvalue weighted by molar-refractivity contribution is -0.134. The molecule has 0 unspecified atom stereocenters. The number of methoxy groups -OCH3 is 1. The molecule has 1 amide bonds.